The molecular weight excluding hydrogens is 238 g/mol. The molecular formula is C15H21N3O. The highest BCUT2D eigenvalue weighted by atomic mass is 16.1. The maximum Gasteiger partial charge on any atom is 0.246 e. The van der Waals surface area contributed by atoms with Crippen molar-refractivity contribution in [1.29, 1.82) is 0 Å². The zero-order valence-electron chi connectivity index (χ0n) is 11.4. The molecule has 0 bridgehead atoms. The van der Waals surface area contributed by atoms with Gasteiger partial charge in [0.25, 0.3) is 0 Å². The van der Waals surface area contributed by atoms with E-state index in [-0.39, 0.29) is 5.91 Å². The molecule has 1 aromatic carbocycles. The molecule has 1 fully saturated rings. The van der Waals surface area contributed by atoms with E-state index in [2.05, 4.69) is 10.2 Å². The number of primary amides is 1. The van der Waals surface area contributed by atoms with Gasteiger partial charge in [0.15, 0.2) is 0 Å². The first-order valence-corrected chi connectivity index (χ1v) is 6.78. The van der Waals surface area contributed by atoms with Crippen molar-refractivity contribution in [3.63, 3.8) is 0 Å². The molecule has 1 aromatic rings. The Hall–Kier alpha value is -1.81. The Morgan fingerprint density at radius 1 is 1.26 bits per heavy atom. The average molecular weight is 259 g/mol. The molecule has 1 saturated heterocycles. The molecule has 1 heterocycles. The summed E-state index contributed by atoms with van der Waals surface area (Å²) >= 11 is 0. The first kappa shape index (κ1) is 13.6. The van der Waals surface area contributed by atoms with Gasteiger partial charge in [0.1, 0.15) is 0 Å². The standard InChI is InChI=1S/C15H21N3O/c1-2-13(15(16)19)14(12-6-4-3-5-7-12)18-10-8-17-9-11-18/h3-7,17H,2,8-11H2,1H3,(H2,16,19)/b14-13-. The van der Waals surface area contributed by atoms with Crippen LogP contribution in [-0.2, 0) is 4.79 Å². The fourth-order valence-corrected chi connectivity index (χ4v) is 2.49. The van der Waals surface area contributed by atoms with E-state index in [1.165, 1.54) is 0 Å². The number of benzene rings is 1. The normalized spacial score (nSPS) is 17.0. The van der Waals surface area contributed by atoms with Crippen LogP contribution in [0.3, 0.4) is 0 Å². The van der Waals surface area contributed by atoms with E-state index in [4.69, 9.17) is 5.73 Å². The Balaban J connectivity index is 2.46. The van der Waals surface area contributed by atoms with Gasteiger partial charge in [-0.3, -0.25) is 4.79 Å². The maximum absolute atomic E-state index is 11.7. The minimum atomic E-state index is -0.320. The van der Waals surface area contributed by atoms with Crippen molar-refractivity contribution in [2.24, 2.45) is 5.73 Å². The molecule has 3 N–H and O–H groups in total. The van der Waals surface area contributed by atoms with Gasteiger partial charge in [-0.25, -0.2) is 0 Å². The lowest BCUT2D eigenvalue weighted by atomic mass is 10.0. The average Bonchev–Trinajstić information content (AvgIpc) is 2.46. The summed E-state index contributed by atoms with van der Waals surface area (Å²) in [5.74, 6) is -0.320. The fourth-order valence-electron chi connectivity index (χ4n) is 2.49. The minimum absolute atomic E-state index is 0.320. The van der Waals surface area contributed by atoms with Gasteiger partial charge in [-0.1, -0.05) is 37.3 Å². The number of piperazine rings is 1. The Morgan fingerprint density at radius 3 is 2.42 bits per heavy atom. The predicted octanol–water partition coefficient (Wildman–Crippen LogP) is 1.20. The van der Waals surface area contributed by atoms with Crippen LogP contribution < -0.4 is 11.1 Å². The van der Waals surface area contributed by atoms with Crippen LogP contribution >= 0.6 is 0 Å². The molecule has 102 valence electrons. The van der Waals surface area contributed by atoms with E-state index < -0.39 is 0 Å². The highest BCUT2D eigenvalue weighted by Gasteiger charge is 2.20. The molecule has 2 rings (SSSR count). The van der Waals surface area contributed by atoms with Crippen LogP contribution in [0.1, 0.15) is 18.9 Å². The van der Waals surface area contributed by atoms with Gasteiger partial charge >= 0.3 is 0 Å². The number of carbonyl (C=O) groups is 1. The van der Waals surface area contributed by atoms with Gasteiger partial charge in [-0.15, -0.1) is 0 Å². The van der Waals surface area contributed by atoms with Crippen molar-refractivity contribution in [1.82, 2.24) is 10.2 Å². The van der Waals surface area contributed by atoms with E-state index in [0.29, 0.717) is 12.0 Å². The molecule has 19 heavy (non-hydrogen) atoms. The number of rotatable bonds is 4. The van der Waals surface area contributed by atoms with E-state index in [0.717, 1.165) is 37.4 Å². The lowest BCUT2D eigenvalue weighted by molar-refractivity contribution is -0.114. The Labute approximate surface area is 114 Å². The summed E-state index contributed by atoms with van der Waals surface area (Å²) in [5, 5.41) is 3.33. The Bertz CT molecular complexity index is 462. The second-order valence-corrected chi connectivity index (χ2v) is 4.65. The number of hydrogen-bond donors (Lipinski definition) is 2. The lowest BCUT2D eigenvalue weighted by Gasteiger charge is -2.33. The maximum atomic E-state index is 11.7. The van der Waals surface area contributed by atoms with Crippen LogP contribution in [-0.4, -0.2) is 37.0 Å². The number of nitrogens with one attached hydrogen (secondary N) is 1. The van der Waals surface area contributed by atoms with Gasteiger partial charge in [0, 0.05) is 31.8 Å². The van der Waals surface area contributed by atoms with Crippen LogP contribution in [0.15, 0.2) is 35.9 Å². The molecule has 0 spiro atoms. The van der Waals surface area contributed by atoms with E-state index >= 15 is 0 Å². The third kappa shape index (κ3) is 3.15. The molecule has 0 radical (unpaired) electrons. The van der Waals surface area contributed by atoms with E-state index in [1.54, 1.807) is 0 Å². The summed E-state index contributed by atoms with van der Waals surface area (Å²) in [4.78, 5) is 14.0. The number of nitrogens with zero attached hydrogens (tertiary/aromatic N) is 1. The number of carbonyl (C=O) groups excluding carboxylic acids is 1. The quantitative estimate of drug-likeness (QED) is 0.799. The van der Waals surface area contributed by atoms with Crippen LogP contribution in [0.4, 0.5) is 0 Å². The molecule has 4 nitrogen and oxygen atoms in total. The summed E-state index contributed by atoms with van der Waals surface area (Å²) in [5.41, 5.74) is 8.34. The van der Waals surface area contributed by atoms with Crippen LogP contribution in [0.25, 0.3) is 5.70 Å². The van der Waals surface area contributed by atoms with Crippen molar-refractivity contribution in [3.8, 4) is 0 Å². The van der Waals surface area contributed by atoms with Gasteiger partial charge in [0.2, 0.25) is 5.91 Å². The van der Waals surface area contributed by atoms with Crippen molar-refractivity contribution in [3.05, 3.63) is 41.5 Å². The second kappa shape index (κ2) is 6.38. The van der Waals surface area contributed by atoms with Crippen LogP contribution in [0, 0.1) is 0 Å². The van der Waals surface area contributed by atoms with E-state index in [9.17, 15) is 4.79 Å². The zero-order chi connectivity index (χ0) is 13.7. The van der Waals surface area contributed by atoms with Gasteiger partial charge in [-0.2, -0.15) is 0 Å². The summed E-state index contributed by atoms with van der Waals surface area (Å²) in [7, 11) is 0. The molecule has 0 aliphatic carbocycles. The van der Waals surface area contributed by atoms with Crippen molar-refractivity contribution in [2.75, 3.05) is 26.2 Å². The van der Waals surface area contributed by atoms with E-state index in [1.807, 2.05) is 37.3 Å². The Kier molecular flexibility index (Phi) is 4.58. The summed E-state index contributed by atoms with van der Waals surface area (Å²) in [6, 6.07) is 10.0. The topological polar surface area (TPSA) is 58.4 Å². The summed E-state index contributed by atoms with van der Waals surface area (Å²) in [6.07, 6.45) is 0.656. The number of nitrogens with two attached hydrogens (primary N) is 1. The molecule has 0 saturated carbocycles. The van der Waals surface area contributed by atoms with Gasteiger partial charge < -0.3 is 16.0 Å². The zero-order valence-corrected chi connectivity index (χ0v) is 11.4. The van der Waals surface area contributed by atoms with Crippen molar-refractivity contribution < 1.29 is 4.79 Å². The molecule has 0 atom stereocenters. The molecule has 0 aromatic heterocycles. The predicted molar refractivity (Wildman–Crippen MR) is 77.3 cm³/mol. The Morgan fingerprint density at radius 2 is 1.89 bits per heavy atom. The third-order valence-corrected chi connectivity index (χ3v) is 3.42. The van der Waals surface area contributed by atoms with Crippen molar-refractivity contribution >= 4 is 11.6 Å². The molecule has 1 amide bonds. The van der Waals surface area contributed by atoms with Gasteiger partial charge in [-0.05, 0) is 12.0 Å². The third-order valence-electron chi connectivity index (χ3n) is 3.42. The summed E-state index contributed by atoms with van der Waals surface area (Å²) < 4.78 is 0. The second-order valence-electron chi connectivity index (χ2n) is 4.65. The van der Waals surface area contributed by atoms with Crippen LogP contribution in [0.2, 0.25) is 0 Å². The summed E-state index contributed by atoms with van der Waals surface area (Å²) in [6.45, 7) is 5.66. The largest absolute Gasteiger partial charge is 0.368 e. The van der Waals surface area contributed by atoms with Crippen molar-refractivity contribution in [2.45, 2.75) is 13.3 Å². The molecule has 4 heteroatoms. The van der Waals surface area contributed by atoms with Gasteiger partial charge in [0.05, 0.1) is 5.70 Å². The molecule has 1 aliphatic rings. The fraction of sp³-hybridized carbons (Fsp3) is 0.400. The number of amides is 1. The highest BCUT2D eigenvalue weighted by molar-refractivity contribution is 5.99. The smallest absolute Gasteiger partial charge is 0.246 e. The lowest BCUT2D eigenvalue weighted by Crippen LogP contribution is -2.43. The highest BCUT2D eigenvalue weighted by Crippen LogP contribution is 2.25. The number of hydrogen-bond acceptors (Lipinski definition) is 3. The molecule has 0 unspecified atom stereocenters. The monoisotopic (exact) mass is 259 g/mol. The first-order valence-electron chi connectivity index (χ1n) is 6.78. The SMILES string of the molecule is CC/C(C(N)=O)=C(\c1ccccc1)N1CCNCC1. The van der Waals surface area contributed by atoms with Crippen LogP contribution in [0.5, 0.6) is 0 Å². The first-order chi connectivity index (χ1) is 9.24. The minimum Gasteiger partial charge on any atom is -0.368 e. The molecule has 1 aliphatic heterocycles.